The molecule has 0 spiro atoms. The maximum atomic E-state index is 12.1. The number of carbonyl (C=O) groups excluding carboxylic acids is 1. The lowest BCUT2D eigenvalue weighted by molar-refractivity contribution is 0.0953. The van der Waals surface area contributed by atoms with Crippen molar-refractivity contribution in [1.29, 1.82) is 0 Å². The van der Waals surface area contributed by atoms with Gasteiger partial charge in [0.15, 0.2) is 5.82 Å². The smallest absolute Gasteiger partial charge is 0.254 e. The molecule has 1 amide bonds. The van der Waals surface area contributed by atoms with Crippen LogP contribution in [0.25, 0.3) is 11.4 Å². The van der Waals surface area contributed by atoms with Crippen molar-refractivity contribution in [2.75, 3.05) is 12.3 Å². The number of pyridine rings is 1. The fraction of sp³-hybridized carbons (Fsp3) is 0.158. The van der Waals surface area contributed by atoms with Crippen molar-refractivity contribution < 1.29 is 4.79 Å². The van der Waals surface area contributed by atoms with Crippen molar-refractivity contribution in [2.24, 2.45) is 0 Å². The van der Waals surface area contributed by atoms with Crippen LogP contribution in [0.1, 0.15) is 16.8 Å². The van der Waals surface area contributed by atoms with Crippen molar-refractivity contribution in [3.63, 3.8) is 0 Å². The molecule has 3 rings (SSSR count). The summed E-state index contributed by atoms with van der Waals surface area (Å²) >= 11 is 1.79. The predicted octanol–water partition coefficient (Wildman–Crippen LogP) is 3.45. The molecular formula is C19H18N4OS. The van der Waals surface area contributed by atoms with E-state index >= 15 is 0 Å². The second kappa shape index (κ2) is 8.94. The summed E-state index contributed by atoms with van der Waals surface area (Å²) in [5.41, 5.74) is 1.34. The molecule has 0 aliphatic rings. The average molecular weight is 350 g/mol. The normalized spacial score (nSPS) is 10.4. The topological polar surface area (TPSA) is 67.8 Å². The summed E-state index contributed by atoms with van der Waals surface area (Å²) < 4.78 is 0. The quantitative estimate of drug-likeness (QED) is 0.522. The van der Waals surface area contributed by atoms with Crippen LogP contribution < -0.4 is 5.32 Å². The van der Waals surface area contributed by atoms with Gasteiger partial charge in [-0.1, -0.05) is 18.2 Å². The minimum atomic E-state index is -0.147. The standard InChI is InChI=1S/C19H18N4OS/c24-19(21-9-4-12-25-17-5-2-1-3-6-17)16-13-22-18(23-14-16)15-7-10-20-11-8-15/h1-3,5-8,10-11,13-14H,4,9,12H2,(H,21,24). The minimum absolute atomic E-state index is 0.147. The molecule has 2 heterocycles. The van der Waals surface area contributed by atoms with Crippen LogP contribution in [0.5, 0.6) is 0 Å². The van der Waals surface area contributed by atoms with E-state index in [1.54, 1.807) is 36.5 Å². The molecule has 25 heavy (non-hydrogen) atoms. The first kappa shape index (κ1) is 17.1. The van der Waals surface area contributed by atoms with E-state index in [1.165, 1.54) is 4.90 Å². The first-order chi connectivity index (χ1) is 12.3. The zero-order valence-electron chi connectivity index (χ0n) is 13.6. The number of hydrogen-bond acceptors (Lipinski definition) is 5. The van der Waals surface area contributed by atoms with Gasteiger partial charge in [0.1, 0.15) is 0 Å². The molecule has 6 heteroatoms. The molecule has 0 aliphatic heterocycles. The third-order valence-corrected chi connectivity index (χ3v) is 4.57. The summed E-state index contributed by atoms with van der Waals surface area (Å²) in [7, 11) is 0. The highest BCUT2D eigenvalue weighted by molar-refractivity contribution is 7.99. The Morgan fingerprint density at radius 2 is 1.72 bits per heavy atom. The van der Waals surface area contributed by atoms with E-state index in [2.05, 4.69) is 32.4 Å². The highest BCUT2D eigenvalue weighted by Gasteiger charge is 2.07. The van der Waals surface area contributed by atoms with Crippen LogP contribution in [0.2, 0.25) is 0 Å². The Bertz CT molecular complexity index is 795. The molecule has 0 radical (unpaired) electrons. The van der Waals surface area contributed by atoms with Gasteiger partial charge >= 0.3 is 0 Å². The van der Waals surface area contributed by atoms with Crippen LogP contribution in [0.3, 0.4) is 0 Å². The number of nitrogens with zero attached hydrogens (tertiary/aromatic N) is 3. The molecule has 126 valence electrons. The van der Waals surface area contributed by atoms with E-state index in [4.69, 9.17) is 0 Å². The monoisotopic (exact) mass is 350 g/mol. The van der Waals surface area contributed by atoms with Gasteiger partial charge in [0.2, 0.25) is 0 Å². The van der Waals surface area contributed by atoms with Crippen LogP contribution in [0.4, 0.5) is 0 Å². The average Bonchev–Trinajstić information content (AvgIpc) is 2.69. The lowest BCUT2D eigenvalue weighted by Gasteiger charge is -2.06. The number of nitrogens with one attached hydrogen (secondary N) is 1. The second-order valence-corrected chi connectivity index (χ2v) is 6.47. The molecule has 0 atom stereocenters. The number of thioether (sulfide) groups is 1. The van der Waals surface area contributed by atoms with E-state index in [1.807, 2.05) is 30.3 Å². The lowest BCUT2D eigenvalue weighted by atomic mass is 10.2. The van der Waals surface area contributed by atoms with Gasteiger partial charge in [0, 0.05) is 41.8 Å². The van der Waals surface area contributed by atoms with Crippen LogP contribution >= 0.6 is 11.8 Å². The van der Waals surface area contributed by atoms with Crippen LogP contribution in [-0.2, 0) is 0 Å². The van der Waals surface area contributed by atoms with Crippen molar-refractivity contribution in [1.82, 2.24) is 20.3 Å². The van der Waals surface area contributed by atoms with E-state index in [9.17, 15) is 4.79 Å². The van der Waals surface area contributed by atoms with Gasteiger partial charge in [-0.25, -0.2) is 9.97 Å². The molecule has 1 N–H and O–H groups in total. The zero-order chi connectivity index (χ0) is 17.3. The van der Waals surface area contributed by atoms with Crippen molar-refractivity contribution >= 4 is 17.7 Å². The van der Waals surface area contributed by atoms with Gasteiger partial charge in [0.05, 0.1) is 5.56 Å². The second-order valence-electron chi connectivity index (χ2n) is 5.30. The number of carbonyl (C=O) groups is 1. The minimum Gasteiger partial charge on any atom is -0.352 e. The van der Waals surface area contributed by atoms with E-state index in [0.29, 0.717) is 17.9 Å². The fourth-order valence-electron chi connectivity index (χ4n) is 2.18. The van der Waals surface area contributed by atoms with Crippen molar-refractivity contribution in [2.45, 2.75) is 11.3 Å². The van der Waals surface area contributed by atoms with E-state index < -0.39 is 0 Å². The third kappa shape index (κ3) is 5.12. The third-order valence-electron chi connectivity index (χ3n) is 3.47. The lowest BCUT2D eigenvalue weighted by Crippen LogP contribution is -2.25. The summed E-state index contributed by atoms with van der Waals surface area (Å²) in [6, 6.07) is 13.9. The molecule has 0 saturated carbocycles. The Balaban J connectivity index is 1.44. The molecule has 1 aromatic carbocycles. The van der Waals surface area contributed by atoms with Gasteiger partial charge in [0.25, 0.3) is 5.91 Å². The summed E-state index contributed by atoms with van der Waals surface area (Å²) in [6.07, 6.45) is 7.38. The summed E-state index contributed by atoms with van der Waals surface area (Å²) in [5, 5.41) is 2.90. The largest absolute Gasteiger partial charge is 0.352 e. The van der Waals surface area contributed by atoms with Gasteiger partial charge < -0.3 is 5.32 Å². The Hall–Kier alpha value is -2.73. The Morgan fingerprint density at radius 1 is 1.00 bits per heavy atom. The van der Waals surface area contributed by atoms with E-state index in [-0.39, 0.29) is 5.91 Å². The van der Waals surface area contributed by atoms with Gasteiger partial charge in [-0.05, 0) is 36.4 Å². The van der Waals surface area contributed by atoms with Gasteiger partial charge in [-0.3, -0.25) is 9.78 Å². The van der Waals surface area contributed by atoms with Crippen molar-refractivity contribution in [3.8, 4) is 11.4 Å². The maximum Gasteiger partial charge on any atom is 0.254 e. The highest BCUT2D eigenvalue weighted by atomic mass is 32.2. The van der Waals surface area contributed by atoms with E-state index in [0.717, 1.165) is 17.7 Å². The number of amides is 1. The summed E-state index contributed by atoms with van der Waals surface area (Å²) in [5.74, 6) is 1.39. The Morgan fingerprint density at radius 3 is 2.44 bits per heavy atom. The first-order valence-corrected chi connectivity index (χ1v) is 9.00. The molecule has 0 unspecified atom stereocenters. The summed E-state index contributed by atoms with van der Waals surface area (Å²) in [4.78, 5) is 25.8. The van der Waals surface area contributed by atoms with Crippen LogP contribution in [0.15, 0.2) is 72.1 Å². The van der Waals surface area contributed by atoms with Crippen LogP contribution in [0, 0.1) is 0 Å². The fourth-order valence-corrected chi connectivity index (χ4v) is 3.05. The first-order valence-electron chi connectivity index (χ1n) is 8.01. The Kier molecular flexibility index (Phi) is 6.11. The SMILES string of the molecule is O=C(NCCCSc1ccccc1)c1cnc(-c2ccncc2)nc1. The number of rotatable bonds is 7. The van der Waals surface area contributed by atoms with Gasteiger partial charge in [-0.15, -0.1) is 11.8 Å². The van der Waals surface area contributed by atoms with Crippen LogP contribution in [-0.4, -0.2) is 33.2 Å². The molecule has 0 bridgehead atoms. The predicted molar refractivity (Wildman–Crippen MR) is 99.4 cm³/mol. The van der Waals surface area contributed by atoms with Gasteiger partial charge in [-0.2, -0.15) is 0 Å². The molecule has 5 nitrogen and oxygen atoms in total. The highest BCUT2D eigenvalue weighted by Crippen LogP contribution is 2.17. The Labute approximate surface area is 150 Å². The number of hydrogen-bond donors (Lipinski definition) is 1. The number of benzene rings is 1. The molecule has 2 aromatic heterocycles. The van der Waals surface area contributed by atoms with Crippen molar-refractivity contribution in [3.05, 3.63) is 72.8 Å². The molecular weight excluding hydrogens is 332 g/mol. The molecule has 3 aromatic rings. The summed E-state index contributed by atoms with van der Waals surface area (Å²) in [6.45, 7) is 0.630. The maximum absolute atomic E-state index is 12.1. The molecule has 0 aliphatic carbocycles. The number of aromatic nitrogens is 3. The molecule has 0 saturated heterocycles. The zero-order valence-corrected chi connectivity index (χ0v) is 14.4. The molecule has 0 fully saturated rings.